The van der Waals surface area contributed by atoms with Gasteiger partial charge in [-0.1, -0.05) is 0 Å². The predicted molar refractivity (Wildman–Crippen MR) is 77.5 cm³/mol. The maximum atomic E-state index is 12.6. The van der Waals surface area contributed by atoms with Gasteiger partial charge in [-0.2, -0.15) is 8.78 Å². The van der Waals surface area contributed by atoms with Crippen LogP contribution in [0, 0.1) is 0 Å². The second-order valence-corrected chi connectivity index (χ2v) is 5.07. The number of carbonyl (C=O) groups is 2. The minimum Gasteiger partial charge on any atom is -0.493 e. The molecule has 1 aliphatic heterocycles. The Morgan fingerprint density at radius 1 is 1.42 bits per heavy atom. The molecule has 1 aromatic rings. The highest BCUT2D eigenvalue weighted by Crippen LogP contribution is 2.30. The third-order valence-electron chi connectivity index (χ3n) is 3.53. The van der Waals surface area contributed by atoms with E-state index >= 15 is 0 Å². The quantitative estimate of drug-likeness (QED) is 0.843. The molecule has 1 N–H and O–H groups in total. The molecule has 7 nitrogen and oxygen atoms in total. The van der Waals surface area contributed by atoms with Crippen LogP contribution in [0.5, 0.6) is 11.5 Å². The number of carboxylic acids is 1. The molecule has 132 valence electrons. The zero-order valence-electron chi connectivity index (χ0n) is 12.9. The van der Waals surface area contributed by atoms with Gasteiger partial charge >= 0.3 is 12.6 Å². The van der Waals surface area contributed by atoms with Crippen molar-refractivity contribution in [3.8, 4) is 11.5 Å². The number of ether oxygens (including phenoxy) is 3. The van der Waals surface area contributed by atoms with Gasteiger partial charge in [-0.3, -0.25) is 9.59 Å². The number of alkyl halides is 2. The molecule has 0 saturated carbocycles. The number of nitrogens with zero attached hydrogens (tertiary/aromatic N) is 1. The van der Waals surface area contributed by atoms with E-state index in [9.17, 15) is 18.4 Å². The molecule has 1 unspecified atom stereocenters. The van der Waals surface area contributed by atoms with Gasteiger partial charge in [0.15, 0.2) is 11.5 Å². The topological polar surface area (TPSA) is 85.3 Å². The van der Waals surface area contributed by atoms with Crippen LogP contribution < -0.4 is 9.47 Å². The maximum absolute atomic E-state index is 12.6. The summed E-state index contributed by atoms with van der Waals surface area (Å²) >= 11 is 0. The SMILES string of the molecule is COc1ccc(C(=O)N2CCOCC2CC(=O)O)cc1OC(F)F. The Kier molecular flexibility index (Phi) is 5.91. The van der Waals surface area contributed by atoms with Crippen LogP contribution in [0.2, 0.25) is 0 Å². The number of halogens is 2. The van der Waals surface area contributed by atoms with Gasteiger partial charge in [0, 0.05) is 12.1 Å². The van der Waals surface area contributed by atoms with Gasteiger partial charge in [-0.05, 0) is 18.2 Å². The van der Waals surface area contributed by atoms with E-state index < -0.39 is 24.5 Å². The van der Waals surface area contributed by atoms with Gasteiger partial charge < -0.3 is 24.2 Å². The highest BCUT2D eigenvalue weighted by atomic mass is 19.3. The number of hydrogen-bond donors (Lipinski definition) is 1. The fourth-order valence-electron chi connectivity index (χ4n) is 2.46. The number of morpholine rings is 1. The first-order valence-electron chi connectivity index (χ1n) is 7.15. The van der Waals surface area contributed by atoms with Crippen LogP contribution in [0.4, 0.5) is 8.78 Å². The van der Waals surface area contributed by atoms with E-state index in [0.717, 1.165) is 6.07 Å². The first kappa shape index (κ1) is 17.9. The summed E-state index contributed by atoms with van der Waals surface area (Å²) in [5.41, 5.74) is 0.101. The maximum Gasteiger partial charge on any atom is 0.387 e. The summed E-state index contributed by atoms with van der Waals surface area (Å²) in [5.74, 6) is -1.73. The molecule has 0 spiro atoms. The number of carboxylic acid groups (broad SMARTS) is 1. The molecular weight excluding hydrogens is 328 g/mol. The lowest BCUT2D eigenvalue weighted by Crippen LogP contribution is -2.49. The molecule has 0 radical (unpaired) electrons. The van der Waals surface area contributed by atoms with Crippen molar-refractivity contribution in [2.75, 3.05) is 26.9 Å². The molecule has 0 bridgehead atoms. The summed E-state index contributed by atoms with van der Waals surface area (Å²) < 4.78 is 39.4. The van der Waals surface area contributed by atoms with Crippen molar-refractivity contribution < 1.29 is 37.7 Å². The van der Waals surface area contributed by atoms with Crippen LogP contribution in [0.1, 0.15) is 16.8 Å². The Bertz CT molecular complexity index is 610. The van der Waals surface area contributed by atoms with Crippen molar-refractivity contribution >= 4 is 11.9 Å². The van der Waals surface area contributed by atoms with Gasteiger partial charge in [0.2, 0.25) is 0 Å². The number of rotatable bonds is 6. The van der Waals surface area contributed by atoms with Crippen molar-refractivity contribution in [3.63, 3.8) is 0 Å². The van der Waals surface area contributed by atoms with E-state index in [-0.39, 0.29) is 43.2 Å². The van der Waals surface area contributed by atoms with E-state index in [1.807, 2.05) is 0 Å². The summed E-state index contributed by atoms with van der Waals surface area (Å²) in [7, 11) is 1.29. The first-order valence-corrected chi connectivity index (χ1v) is 7.15. The van der Waals surface area contributed by atoms with Crippen LogP contribution in [-0.4, -0.2) is 61.4 Å². The van der Waals surface area contributed by atoms with Crippen LogP contribution in [0.15, 0.2) is 18.2 Å². The predicted octanol–water partition coefficient (Wildman–Crippen LogP) is 1.61. The van der Waals surface area contributed by atoms with Crippen molar-refractivity contribution in [3.05, 3.63) is 23.8 Å². The summed E-state index contributed by atoms with van der Waals surface area (Å²) in [6.45, 7) is -2.46. The molecule has 24 heavy (non-hydrogen) atoms. The van der Waals surface area contributed by atoms with E-state index in [2.05, 4.69) is 4.74 Å². The van der Waals surface area contributed by atoms with Crippen LogP contribution in [-0.2, 0) is 9.53 Å². The van der Waals surface area contributed by atoms with Crippen LogP contribution in [0.3, 0.4) is 0 Å². The van der Waals surface area contributed by atoms with Crippen molar-refractivity contribution in [1.29, 1.82) is 0 Å². The molecule has 9 heteroatoms. The summed E-state index contributed by atoms with van der Waals surface area (Å²) in [5, 5.41) is 8.93. The Labute approximate surface area is 136 Å². The average Bonchev–Trinajstić information content (AvgIpc) is 2.53. The smallest absolute Gasteiger partial charge is 0.387 e. The monoisotopic (exact) mass is 345 g/mol. The second kappa shape index (κ2) is 7.91. The summed E-state index contributed by atoms with van der Waals surface area (Å²) in [6.07, 6.45) is -0.262. The van der Waals surface area contributed by atoms with E-state index in [4.69, 9.17) is 14.6 Å². The highest BCUT2D eigenvalue weighted by Gasteiger charge is 2.30. The number of aliphatic carboxylic acids is 1. The fourth-order valence-corrected chi connectivity index (χ4v) is 2.46. The Balaban J connectivity index is 2.25. The molecule has 1 aromatic carbocycles. The fraction of sp³-hybridized carbons (Fsp3) is 0.467. The first-order chi connectivity index (χ1) is 11.4. The van der Waals surface area contributed by atoms with Gasteiger partial charge in [-0.15, -0.1) is 0 Å². The molecule has 1 heterocycles. The number of hydrogen-bond acceptors (Lipinski definition) is 5. The zero-order valence-corrected chi connectivity index (χ0v) is 12.9. The Hall–Kier alpha value is -2.42. The van der Waals surface area contributed by atoms with Crippen molar-refractivity contribution in [2.45, 2.75) is 19.1 Å². The molecule has 1 saturated heterocycles. The zero-order chi connectivity index (χ0) is 17.7. The number of benzene rings is 1. The lowest BCUT2D eigenvalue weighted by molar-refractivity contribution is -0.139. The third-order valence-corrected chi connectivity index (χ3v) is 3.53. The largest absolute Gasteiger partial charge is 0.493 e. The van der Waals surface area contributed by atoms with Crippen LogP contribution in [0.25, 0.3) is 0 Å². The second-order valence-electron chi connectivity index (χ2n) is 5.07. The third kappa shape index (κ3) is 4.31. The molecule has 1 amide bonds. The lowest BCUT2D eigenvalue weighted by Gasteiger charge is -2.35. The molecule has 1 atom stereocenters. The minimum atomic E-state index is -3.06. The minimum absolute atomic E-state index is 0.0657. The Morgan fingerprint density at radius 2 is 2.17 bits per heavy atom. The van der Waals surface area contributed by atoms with Gasteiger partial charge in [0.05, 0.1) is 32.8 Å². The van der Waals surface area contributed by atoms with Gasteiger partial charge in [-0.25, -0.2) is 0 Å². The molecule has 0 aliphatic carbocycles. The number of methoxy groups -OCH3 is 1. The van der Waals surface area contributed by atoms with E-state index in [1.165, 1.54) is 24.1 Å². The lowest BCUT2D eigenvalue weighted by atomic mass is 10.1. The van der Waals surface area contributed by atoms with Crippen molar-refractivity contribution in [1.82, 2.24) is 4.90 Å². The molecule has 1 fully saturated rings. The standard InChI is InChI=1S/C15H17F2NO6/c1-22-11-3-2-9(6-12(11)24-15(16)17)14(21)18-4-5-23-8-10(18)7-13(19)20/h2-3,6,10,15H,4-5,7-8H2,1H3,(H,19,20). The normalized spacial score (nSPS) is 17.7. The van der Waals surface area contributed by atoms with Gasteiger partial charge in [0.1, 0.15) is 0 Å². The Morgan fingerprint density at radius 3 is 2.79 bits per heavy atom. The van der Waals surface area contributed by atoms with Crippen LogP contribution >= 0.6 is 0 Å². The summed E-state index contributed by atoms with van der Waals surface area (Å²) in [4.78, 5) is 24.9. The molecular formula is C15H17F2NO6. The molecule has 2 rings (SSSR count). The van der Waals surface area contributed by atoms with E-state index in [1.54, 1.807) is 0 Å². The average molecular weight is 345 g/mol. The van der Waals surface area contributed by atoms with Gasteiger partial charge in [0.25, 0.3) is 5.91 Å². The number of amides is 1. The number of carbonyl (C=O) groups excluding carboxylic acids is 1. The molecule has 0 aromatic heterocycles. The van der Waals surface area contributed by atoms with Crippen molar-refractivity contribution in [2.24, 2.45) is 0 Å². The highest BCUT2D eigenvalue weighted by molar-refractivity contribution is 5.95. The summed E-state index contributed by atoms with van der Waals surface area (Å²) in [6, 6.07) is 3.29. The molecule has 1 aliphatic rings. The van der Waals surface area contributed by atoms with E-state index in [0.29, 0.717) is 0 Å².